The van der Waals surface area contributed by atoms with Gasteiger partial charge in [-0.1, -0.05) is 6.07 Å². The van der Waals surface area contributed by atoms with Crippen LogP contribution < -0.4 is 5.32 Å². The minimum Gasteiger partial charge on any atom is -0.444 e. The molecule has 1 saturated carbocycles. The van der Waals surface area contributed by atoms with Crippen LogP contribution in [0.1, 0.15) is 26.3 Å². The second kappa shape index (κ2) is 6.00. The van der Waals surface area contributed by atoms with Crippen LogP contribution in [-0.2, 0) is 16.1 Å². The predicted molar refractivity (Wildman–Crippen MR) is 96.2 cm³/mol. The molecule has 0 bridgehead atoms. The highest BCUT2D eigenvalue weighted by Gasteiger charge is 2.60. The minimum atomic E-state index is -0.489. The Balaban J connectivity index is 1.27. The summed E-state index contributed by atoms with van der Waals surface area (Å²) < 4.78 is 5.40. The van der Waals surface area contributed by atoms with E-state index in [2.05, 4.69) is 15.5 Å². The van der Waals surface area contributed by atoms with Crippen molar-refractivity contribution >= 4 is 22.9 Å². The van der Waals surface area contributed by atoms with Gasteiger partial charge in [0.15, 0.2) is 0 Å². The summed E-state index contributed by atoms with van der Waals surface area (Å²) >= 11 is 0. The fourth-order valence-corrected chi connectivity index (χ4v) is 3.80. The van der Waals surface area contributed by atoms with Gasteiger partial charge in [-0.05, 0) is 50.3 Å². The highest BCUT2D eigenvalue weighted by Crippen LogP contribution is 2.52. The van der Waals surface area contributed by atoms with Gasteiger partial charge in [0.05, 0.1) is 11.7 Å². The molecular formula is C19H24N4O3. The van der Waals surface area contributed by atoms with Crippen molar-refractivity contribution in [3.63, 3.8) is 0 Å². The molecule has 0 spiro atoms. The lowest BCUT2D eigenvalue weighted by Gasteiger charge is -2.25. The third-order valence-corrected chi connectivity index (χ3v) is 5.12. The van der Waals surface area contributed by atoms with Crippen LogP contribution in [0.15, 0.2) is 24.4 Å². The van der Waals surface area contributed by atoms with Gasteiger partial charge in [-0.3, -0.25) is 9.89 Å². The maximum absolute atomic E-state index is 12.4. The van der Waals surface area contributed by atoms with Crippen molar-refractivity contribution < 1.29 is 14.3 Å². The molecule has 7 heteroatoms. The Morgan fingerprint density at radius 3 is 2.73 bits per heavy atom. The first-order valence-electron chi connectivity index (χ1n) is 8.99. The molecule has 4 rings (SSSR count). The number of carbonyl (C=O) groups is 2. The molecule has 1 aromatic heterocycles. The summed E-state index contributed by atoms with van der Waals surface area (Å²) in [6.45, 7) is 7.31. The van der Waals surface area contributed by atoms with Crippen molar-refractivity contribution in [2.24, 2.45) is 17.8 Å². The zero-order valence-electron chi connectivity index (χ0n) is 15.3. The van der Waals surface area contributed by atoms with Crippen LogP contribution >= 0.6 is 0 Å². The SMILES string of the molecule is CC(C)(C)OC(=O)N1C[C@@H]2C(C(=O)NCc3ccc4[nH]ncc4c3)[C@@H]2C1. The van der Waals surface area contributed by atoms with Crippen molar-refractivity contribution in [1.82, 2.24) is 20.4 Å². The van der Waals surface area contributed by atoms with Crippen molar-refractivity contribution in [3.05, 3.63) is 30.0 Å². The van der Waals surface area contributed by atoms with E-state index in [0.717, 1.165) is 16.5 Å². The van der Waals surface area contributed by atoms with E-state index in [1.165, 1.54) is 0 Å². The average molecular weight is 356 g/mol. The lowest BCUT2D eigenvalue weighted by atomic mass is 10.1. The Morgan fingerprint density at radius 1 is 1.31 bits per heavy atom. The van der Waals surface area contributed by atoms with Gasteiger partial charge in [-0.15, -0.1) is 0 Å². The Bertz CT molecular complexity index is 842. The van der Waals surface area contributed by atoms with E-state index in [-0.39, 0.29) is 29.8 Å². The van der Waals surface area contributed by atoms with Crippen LogP contribution in [0, 0.1) is 17.8 Å². The maximum Gasteiger partial charge on any atom is 0.410 e. The molecule has 26 heavy (non-hydrogen) atoms. The molecule has 2 fully saturated rings. The molecule has 2 heterocycles. The number of hydrogen-bond donors (Lipinski definition) is 2. The number of carbonyl (C=O) groups excluding carboxylic acids is 2. The van der Waals surface area contributed by atoms with Crippen molar-refractivity contribution in [2.75, 3.05) is 13.1 Å². The van der Waals surface area contributed by atoms with Crippen molar-refractivity contribution in [3.8, 4) is 0 Å². The third-order valence-electron chi connectivity index (χ3n) is 5.12. The van der Waals surface area contributed by atoms with Gasteiger partial charge in [-0.2, -0.15) is 5.10 Å². The molecule has 1 unspecified atom stereocenters. The number of ether oxygens (including phenoxy) is 1. The highest BCUT2D eigenvalue weighted by atomic mass is 16.6. The van der Waals surface area contributed by atoms with Gasteiger partial charge in [0.25, 0.3) is 0 Å². The van der Waals surface area contributed by atoms with E-state index in [4.69, 9.17) is 4.74 Å². The van der Waals surface area contributed by atoms with Gasteiger partial charge in [0.1, 0.15) is 5.60 Å². The normalized spacial score (nSPS) is 24.4. The number of benzene rings is 1. The van der Waals surface area contributed by atoms with E-state index in [1.807, 2.05) is 39.0 Å². The summed E-state index contributed by atoms with van der Waals surface area (Å²) in [6, 6.07) is 5.98. The number of nitrogens with one attached hydrogen (secondary N) is 2. The molecule has 2 aliphatic rings. The maximum atomic E-state index is 12.4. The molecule has 2 N–H and O–H groups in total. The van der Waals surface area contributed by atoms with E-state index in [1.54, 1.807) is 11.1 Å². The summed E-state index contributed by atoms with van der Waals surface area (Å²) in [4.78, 5) is 26.3. The summed E-state index contributed by atoms with van der Waals surface area (Å²) in [5.74, 6) is 0.625. The Labute approximate surface area is 152 Å². The Hall–Kier alpha value is -2.57. The molecule has 1 aromatic carbocycles. The third kappa shape index (κ3) is 3.25. The molecule has 1 saturated heterocycles. The average Bonchev–Trinajstić information content (AvgIpc) is 2.93. The van der Waals surface area contributed by atoms with Crippen molar-refractivity contribution in [2.45, 2.75) is 32.9 Å². The number of amides is 2. The lowest BCUT2D eigenvalue weighted by molar-refractivity contribution is -0.123. The first-order valence-corrected chi connectivity index (χ1v) is 8.99. The fourth-order valence-electron chi connectivity index (χ4n) is 3.80. The Morgan fingerprint density at radius 2 is 2.04 bits per heavy atom. The van der Waals surface area contributed by atoms with Gasteiger partial charge in [-0.25, -0.2) is 4.79 Å². The Kier molecular flexibility index (Phi) is 3.89. The largest absolute Gasteiger partial charge is 0.444 e. The molecule has 2 aromatic rings. The zero-order chi connectivity index (χ0) is 18.5. The lowest BCUT2D eigenvalue weighted by Crippen LogP contribution is -2.38. The molecular weight excluding hydrogens is 332 g/mol. The molecule has 138 valence electrons. The molecule has 7 nitrogen and oxygen atoms in total. The predicted octanol–water partition coefficient (Wildman–Crippen LogP) is 2.29. The van der Waals surface area contributed by atoms with Crippen LogP contribution in [0.4, 0.5) is 4.79 Å². The molecule has 2 amide bonds. The molecule has 3 atom stereocenters. The van der Waals surface area contributed by atoms with E-state index in [0.29, 0.717) is 19.6 Å². The highest BCUT2D eigenvalue weighted by molar-refractivity contribution is 5.83. The molecule has 0 radical (unpaired) electrons. The number of piperidine rings is 1. The quantitative estimate of drug-likeness (QED) is 0.883. The standard InChI is InChI=1S/C19H24N4O3/c1-19(2,3)26-18(25)23-9-13-14(10-23)16(13)17(24)20-7-11-4-5-15-12(6-11)8-21-22-15/h4-6,8,13-14,16H,7,9-10H2,1-3H3,(H,20,24)(H,21,22)/t13-,14+,16?. The van der Waals surface area contributed by atoms with Crippen LogP contribution in [0.25, 0.3) is 10.9 Å². The van der Waals surface area contributed by atoms with E-state index < -0.39 is 5.60 Å². The number of hydrogen-bond acceptors (Lipinski definition) is 4. The van der Waals surface area contributed by atoms with Gasteiger partial charge in [0, 0.05) is 30.9 Å². The summed E-state index contributed by atoms with van der Waals surface area (Å²) in [5.41, 5.74) is 1.55. The van der Waals surface area contributed by atoms with Crippen LogP contribution in [0.2, 0.25) is 0 Å². The number of likely N-dealkylation sites (tertiary alicyclic amines) is 1. The van der Waals surface area contributed by atoms with Crippen molar-refractivity contribution in [1.29, 1.82) is 0 Å². The van der Waals surface area contributed by atoms with Gasteiger partial charge >= 0.3 is 6.09 Å². The summed E-state index contributed by atoms with van der Waals surface area (Å²) in [7, 11) is 0. The summed E-state index contributed by atoms with van der Waals surface area (Å²) in [6.07, 6.45) is 1.49. The second-order valence-electron chi connectivity index (χ2n) is 8.25. The number of H-pyrrole nitrogens is 1. The smallest absolute Gasteiger partial charge is 0.410 e. The number of aromatic amines is 1. The monoisotopic (exact) mass is 356 g/mol. The molecule has 1 aliphatic carbocycles. The zero-order valence-corrected chi connectivity index (χ0v) is 15.3. The number of rotatable bonds is 3. The van der Waals surface area contributed by atoms with Gasteiger partial charge < -0.3 is 15.0 Å². The van der Waals surface area contributed by atoms with Gasteiger partial charge in [0.2, 0.25) is 5.91 Å². The molecule has 1 aliphatic heterocycles. The second-order valence-corrected chi connectivity index (χ2v) is 8.25. The number of nitrogens with zero attached hydrogens (tertiary/aromatic N) is 2. The first-order chi connectivity index (χ1) is 12.3. The number of aromatic nitrogens is 2. The minimum absolute atomic E-state index is 0.0198. The topological polar surface area (TPSA) is 87.3 Å². The van der Waals surface area contributed by atoms with Crippen LogP contribution in [-0.4, -0.2) is 45.8 Å². The summed E-state index contributed by atoms with van der Waals surface area (Å²) in [5, 5.41) is 11.0. The number of fused-ring (bicyclic) bond motifs is 2. The van der Waals surface area contributed by atoms with E-state index >= 15 is 0 Å². The van der Waals surface area contributed by atoms with Crippen LogP contribution in [0.5, 0.6) is 0 Å². The van der Waals surface area contributed by atoms with Crippen LogP contribution in [0.3, 0.4) is 0 Å². The van der Waals surface area contributed by atoms with E-state index in [9.17, 15) is 9.59 Å². The first kappa shape index (κ1) is 16.9. The fraction of sp³-hybridized carbons (Fsp3) is 0.526.